The van der Waals surface area contributed by atoms with Crippen molar-refractivity contribution < 1.29 is 8.83 Å². The van der Waals surface area contributed by atoms with Crippen LogP contribution in [0.1, 0.15) is 0 Å². The van der Waals surface area contributed by atoms with Gasteiger partial charge in [0.15, 0.2) is 17.5 Å². The lowest BCUT2D eigenvalue weighted by atomic mass is 9.98. The minimum absolute atomic E-state index is 0.569. The number of fused-ring (bicyclic) bond motifs is 9. The summed E-state index contributed by atoms with van der Waals surface area (Å²) < 4.78 is 16.0. The molecule has 0 saturated heterocycles. The van der Waals surface area contributed by atoms with E-state index >= 15 is 0 Å². The molecule has 57 heavy (non-hydrogen) atoms. The molecule has 0 atom stereocenters. The Balaban J connectivity index is 1.14. The molecule has 0 aliphatic rings. The highest BCUT2D eigenvalue weighted by molar-refractivity contribution is 6.19. The first kappa shape index (κ1) is 31.5. The van der Waals surface area contributed by atoms with Gasteiger partial charge < -0.3 is 13.4 Å². The third-order valence-electron chi connectivity index (χ3n) is 11.1. The van der Waals surface area contributed by atoms with Gasteiger partial charge in [0.2, 0.25) is 0 Å². The van der Waals surface area contributed by atoms with E-state index in [2.05, 4.69) is 114 Å². The Hall–Kier alpha value is -7.83. The second-order valence-electron chi connectivity index (χ2n) is 14.3. The molecule has 6 nitrogen and oxygen atoms in total. The Morgan fingerprint density at radius 3 is 1.58 bits per heavy atom. The third kappa shape index (κ3) is 4.87. The zero-order chi connectivity index (χ0) is 37.5. The molecule has 0 aliphatic carbocycles. The van der Waals surface area contributed by atoms with Crippen molar-refractivity contribution in [3.05, 3.63) is 182 Å². The number of aromatic nitrogens is 4. The van der Waals surface area contributed by atoms with E-state index in [1.54, 1.807) is 0 Å². The second kappa shape index (κ2) is 12.3. The molecule has 4 aromatic heterocycles. The molecule has 12 aromatic rings. The van der Waals surface area contributed by atoms with Crippen LogP contribution in [0.5, 0.6) is 0 Å². The lowest BCUT2D eigenvalue weighted by Crippen LogP contribution is -2.00. The molecule has 0 amide bonds. The van der Waals surface area contributed by atoms with Gasteiger partial charge in [0.1, 0.15) is 22.3 Å². The van der Waals surface area contributed by atoms with E-state index in [1.807, 2.05) is 72.8 Å². The van der Waals surface area contributed by atoms with Crippen molar-refractivity contribution in [1.29, 1.82) is 0 Å². The first-order valence-electron chi connectivity index (χ1n) is 19.0. The van der Waals surface area contributed by atoms with Crippen molar-refractivity contribution in [3.63, 3.8) is 0 Å². The summed E-state index contributed by atoms with van der Waals surface area (Å²) in [5.74, 6) is 1.79. The molecule has 0 N–H and O–H groups in total. The van der Waals surface area contributed by atoms with Gasteiger partial charge in [-0.3, -0.25) is 0 Å². The molecule has 12 rings (SSSR count). The summed E-state index contributed by atoms with van der Waals surface area (Å²) in [5.41, 5.74) is 11.1. The standard InChI is InChI=1S/C51H30N4O2/c1-3-14-31(15-4-1)49-52-50(32-16-5-2-6-17-32)54-51(53-49)33-26-27-40-45(30-33)57-48-39(38-22-13-21-37-36-20-9-12-25-44(36)56-47(37)38)28-29-43(46(40)48)55-41-23-10-7-18-34(41)35-19-8-11-24-42(35)55/h1-30H. The van der Waals surface area contributed by atoms with E-state index in [9.17, 15) is 0 Å². The zero-order valence-corrected chi connectivity index (χ0v) is 30.4. The summed E-state index contributed by atoms with van der Waals surface area (Å²) in [6.07, 6.45) is 0. The quantitative estimate of drug-likeness (QED) is 0.176. The number of benzene rings is 8. The van der Waals surface area contributed by atoms with E-state index in [0.29, 0.717) is 17.5 Å². The van der Waals surface area contributed by atoms with Crippen LogP contribution in [0.2, 0.25) is 0 Å². The maximum Gasteiger partial charge on any atom is 0.164 e. The fourth-order valence-electron chi connectivity index (χ4n) is 8.48. The monoisotopic (exact) mass is 730 g/mol. The van der Waals surface area contributed by atoms with Crippen LogP contribution in [0.25, 0.3) is 117 Å². The van der Waals surface area contributed by atoms with Crippen LogP contribution >= 0.6 is 0 Å². The molecule has 266 valence electrons. The fourth-order valence-corrected chi connectivity index (χ4v) is 8.48. The number of rotatable bonds is 5. The van der Waals surface area contributed by atoms with Crippen molar-refractivity contribution in [3.8, 4) is 51.0 Å². The van der Waals surface area contributed by atoms with Gasteiger partial charge in [0, 0.05) is 54.7 Å². The molecule has 0 spiro atoms. The number of hydrogen-bond acceptors (Lipinski definition) is 5. The topological polar surface area (TPSA) is 69.9 Å². The highest BCUT2D eigenvalue weighted by atomic mass is 16.3. The van der Waals surface area contributed by atoms with Crippen LogP contribution in [-0.4, -0.2) is 19.5 Å². The molecule has 4 heterocycles. The third-order valence-corrected chi connectivity index (χ3v) is 11.1. The number of para-hydroxylation sites is 4. The van der Waals surface area contributed by atoms with Crippen LogP contribution in [0.4, 0.5) is 0 Å². The Kier molecular flexibility index (Phi) is 6.83. The molecular formula is C51H30N4O2. The predicted molar refractivity (Wildman–Crippen MR) is 230 cm³/mol. The van der Waals surface area contributed by atoms with Crippen molar-refractivity contribution >= 4 is 65.7 Å². The minimum atomic E-state index is 0.569. The van der Waals surface area contributed by atoms with Crippen LogP contribution in [0, 0.1) is 0 Å². The SMILES string of the molecule is c1ccc(-c2nc(-c3ccccc3)nc(-c3ccc4c(c3)oc3c(-c5cccc6c5oc5ccccc56)ccc(-n5c6ccccc6c6ccccc65)c34)n2)cc1. The normalized spacial score (nSPS) is 11.9. The first-order chi connectivity index (χ1) is 28.3. The summed E-state index contributed by atoms with van der Waals surface area (Å²) in [5, 5.41) is 6.56. The first-order valence-corrected chi connectivity index (χ1v) is 19.0. The van der Waals surface area contributed by atoms with Crippen LogP contribution < -0.4 is 0 Å². The highest BCUT2D eigenvalue weighted by Crippen LogP contribution is 2.45. The lowest BCUT2D eigenvalue weighted by molar-refractivity contribution is 0.665. The molecule has 0 fully saturated rings. The van der Waals surface area contributed by atoms with Gasteiger partial charge in [-0.05, 0) is 42.5 Å². The summed E-state index contributed by atoms with van der Waals surface area (Å²) >= 11 is 0. The zero-order valence-electron chi connectivity index (χ0n) is 30.4. The largest absolute Gasteiger partial charge is 0.455 e. The Morgan fingerprint density at radius 2 is 0.895 bits per heavy atom. The van der Waals surface area contributed by atoms with Crippen LogP contribution in [0.3, 0.4) is 0 Å². The second-order valence-corrected chi connectivity index (χ2v) is 14.3. The van der Waals surface area contributed by atoms with Gasteiger partial charge in [0.25, 0.3) is 0 Å². The average Bonchev–Trinajstić information content (AvgIpc) is 3.97. The smallest absolute Gasteiger partial charge is 0.164 e. The molecular weight excluding hydrogens is 701 g/mol. The van der Waals surface area contributed by atoms with Gasteiger partial charge in [-0.2, -0.15) is 0 Å². The molecule has 0 bridgehead atoms. The van der Waals surface area contributed by atoms with Crippen molar-refractivity contribution in [2.45, 2.75) is 0 Å². The predicted octanol–water partition coefficient (Wildman–Crippen LogP) is 13.4. The Labute approximate surface area is 325 Å². The number of hydrogen-bond donors (Lipinski definition) is 0. The van der Waals surface area contributed by atoms with Gasteiger partial charge >= 0.3 is 0 Å². The summed E-state index contributed by atoms with van der Waals surface area (Å²) in [7, 11) is 0. The van der Waals surface area contributed by atoms with E-state index in [-0.39, 0.29) is 0 Å². The summed E-state index contributed by atoms with van der Waals surface area (Å²) in [6.45, 7) is 0. The molecule has 0 saturated carbocycles. The van der Waals surface area contributed by atoms with E-state index in [0.717, 1.165) is 88.4 Å². The summed E-state index contributed by atoms with van der Waals surface area (Å²) in [4.78, 5) is 15.0. The van der Waals surface area contributed by atoms with Crippen molar-refractivity contribution in [1.82, 2.24) is 19.5 Å². The van der Waals surface area contributed by atoms with E-state index in [1.165, 1.54) is 10.8 Å². The van der Waals surface area contributed by atoms with Gasteiger partial charge in [0.05, 0.1) is 22.1 Å². The van der Waals surface area contributed by atoms with Crippen molar-refractivity contribution in [2.75, 3.05) is 0 Å². The van der Waals surface area contributed by atoms with Gasteiger partial charge in [-0.25, -0.2) is 15.0 Å². The number of nitrogens with zero attached hydrogens (tertiary/aromatic N) is 4. The average molecular weight is 731 g/mol. The van der Waals surface area contributed by atoms with E-state index < -0.39 is 0 Å². The Morgan fingerprint density at radius 1 is 0.351 bits per heavy atom. The maximum atomic E-state index is 7.09. The van der Waals surface area contributed by atoms with E-state index in [4.69, 9.17) is 23.8 Å². The lowest BCUT2D eigenvalue weighted by Gasteiger charge is -2.12. The van der Waals surface area contributed by atoms with Crippen LogP contribution in [-0.2, 0) is 0 Å². The summed E-state index contributed by atoms with van der Waals surface area (Å²) in [6, 6.07) is 62.6. The van der Waals surface area contributed by atoms with Gasteiger partial charge in [-0.15, -0.1) is 0 Å². The number of furan rings is 2. The van der Waals surface area contributed by atoms with Gasteiger partial charge in [-0.1, -0.05) is 140 Å². The molecule has 8 aromatic carbocycles. The van der Waals surface area contributed by atoms with Crippen molar-refractivity contribution in [2.24, 2.45) is 0 Å². The minimum Gasteiger partial charge on any atom is -0.455 e. The molecule has 0 aliphatic heterocycles. The molecule has 0 radical (unpaired) electrons. The van der Waals surface area contributed by atoms with Crippen LogP contribution in [0.15, 0.2) is 191 Å². The highest BCUT2D eigenvalue weighted by Gasteiger charge is 2.23. The molecule has 6 heteroatoms. The molecule has 0 unspecified atom stereocenters. The maximum absolute atomic E-state index is 7.09. The Bertz CT molecular complexity index is 3410. The fraction of sp³-hybridized carbons (Fsp3) is 0.